The van der Waals surface area contributed by atoms with Gasteiger partial charge in [-0.1, -0.05) is 48.5 Å². The maximum atomic E-state index is 12.7. The molecule has 0 saturated heterocycles. The van der Waals surface area contributed by atoms with Gasteiger partial charge in [-0.15, -0.1) is 0 Å². The van der Waals surface area contributed by atoms with Crippen molar-refractivity contribution in [2.75, 3.05) is 16.1 Å². The van der Waals surface area contributed by atoms with E-state index in [-0.39, 0.29) is 17.8 Å². The molecule has 33 heavy (non-hydrogen) atoms. The fraction of sp³-hybridized carbons (Fsp3) is 0.0435. The maximum absolute atomic E-state index is 12.7. The van der Waals surface area contributed by atoms with Crippen molar-refractivity contribution in [1.29, 1.82) is 0 Å². The van der Waals surface area contributed by atoms with E-state index in [1.54, 1.807) is 0 Å². The average Bonchev–Trinajstić information content (AvgIpc) is 2.80. The molecule has 0 aliphatic carbocycles. The molecule has 0 unspecified atom stereocenters. The summed E-state index contributed by atoms with van der Waals surface area (Å²) in [7, 11) is 0. The van der Waals surface area contributed by atoms with Gasteiger partial charge in [0, 0.05) is 11.4 Å². The van der Waals surface area contributed by atoms with Gasteiger partial charge in [-0.05, 0) is 42.0 Å². The minimum absolute atomic E-state index is 0.144. The Morgan fingerprint density at radius 1 is 0.636 bits per heavy atom. The quantitative estimate of drug-likeness (QED) is 0.243. The number of alkyl halides is 3. The van der Waals surface area contributed by atoms with E-state index in [4.69, 9.17) is 0 Å². The molecule has 3 N–H and O–H groups in total. The molecule has 0 aliphatic heterocycles. The van der Waals surface area contributed by atoms with Gasteiger partial charge in [0.1, 0.15) is 0 Å². The largest absolute Gasteiger partial charge is 0.416 e. The van der Waals surface area contributed by atoms with Crippen molar-refractivity contribution in [2.24, 2.45) is 5.10 Å². The molecule has 0 radical (unpaired) electrons. The molecule has 4 aromatic rings. The van der Waals surface area contributed by atoms with E-state index in [0.29, 0.717) is 5.56 Å². The van der Waals surface area contributed by atoms with Crippen molar-refractivity contribution < 1.29 is 13.2 Å². The zero-order valence-electron chi connectivity index (χ0n) is 17.1. The van der Waals surface area contributed by atoms with Crippen LogP contribution in [0.15, 0.2) is 90.0 Å². The van der Waals surface area contributed by atoms with Crippen LogP contribution in [0.3, 0.4) is 0 Å². The van der Waals surface area contributed by atoms with Crippen LogP contribution in [0.1, 0.15) is 11.1 Å². The predicted molar refractivity (Wildman–Crippen MR) is 122 cm³/mol. The van der Waals surface area contributed by atoms with Gasteiger partial charge in [0.2, 0.25) is 17.8 Å². The summed E-state index contributed by atoms with van der Waals surface area (Å²) in [6, 6.07) is 23.4. The van der Waals surface area contributed by atoms with E-state index in [1.807, 2.05) is 60.7 Å². The van der Waals surface area contributed by atoms with Gasteiger partial charge in [0.15, 0.2) is 0 Å². The van der Waals surface area contributed by atoms with E-state index < -0.39 is 11.7 Å². The number of aromatic nitrogens is 3. The molecule has 10 heteroatoms. The van der Waals surface area contributed by atoms with Crippen LogP contribution in [-0.4, -0.2) is 21.2 Å². The van der Waals surface area contributed by atoms with Crippen LogP contribution >= 0.6 is 0 Å². The Morgan fingerprint density at radius 3 is 1.61 bits per heavy atom. The predicted octanol–water partition coefficient (Wildman–Crippen LogP) is 5.82. The molecule has 1 aromatic heterocycles. The third-order valence-electron chi connectivity index (χ3n) is 4.31. The van der Waals surface area contributed by atoms with Gasteiger partial charge in [-0.25, -0.2) is 5.43 Å². The first kappa shape index (κ1) is 21.8. The molecule has 1 heterocycles. The number of hydrogen-bond donors (Lipinski definition) is 3. The van der Waals surface area contributed by atoms with Crippen LogP contribution in [0, 0.1) is 0 Å². The molecule has 4 rings (SSSR count). The number of para-hydroxylation sites is 2. The fourth-order valence-corrected chi connectivity index (χ4v) is 2.76. The Hall–Kier alpha value is -4.47. The standard InChI is InChI=1S/C23H18F3N7/c24-23(25,26)17-13-11-16(12-14-17)15-27-33-22-31-20(28-18-7-3-1-4-8-18)30-21(32-22)29-19-9-5-2-6-10-19/h1-15H,(H3,28,29,30,31,32,33)/b27-15-. The number of hydrogen-bond acceptors (Lipinski definition) is 7. The molecule has 0 bridgehead atoms. The van der Waals surface area contributed by atoms with Gasteiger partial charge in [0.25, 0.3) is 0 Å². The number of nitrogens with zero attached hydrogens (tertiary/aromatic N) is 4. The Labute approximate surface area is 187 Å². The fourth-order valence-electron chi connectivity index (χ4n) is 2.76. The zero-order valence-corrected chi connectivity index (χ0v) is 17.1. The number of nitrogens with one attached hydrogen (secondary N) is 3. The Morgan fingerprint density at radius 2 is 1.12 bits per heavy atom. The first-order valence-corrected chi connectivity index (χ1v) is 9.82. The summed E-state index contributed by atoms with van der Waals surface area (Å²) in [6.45, 7) is 0. The Bertz CT molecular complexity index is 1150. The molecule has 0 fully saturated rings. The smallest absolute Gasteiger partial charge is 0.324 e. The summed E-state index contributed by atoms with van der Waals surface area (Å²) in [4.78, 5) is 13.0. The van der Waals surface area contributed by atoms with Gasteiger partial charge in [-0.2, -0.15) is 33.2 Å². The minimum Gasteiger partial charge on any atom is -0.324 e. The Balaban J connectivity index is 1.53. The number of anilines is 5. The Kier molecular flexibility index (Phi) is 6.44. The SMILES string of the molecule is FC(F)(F)c1ccc(/C=N\Nc2nc(Nc3ccccc3)nc(Nc3ccccc3)n2)cc1. The summed E-state index contributed by atoms with van der Waals surface area (Å²) in [6.07, 6.45) is -3.01. The van der Waals surface area contributed by atoms with Crippen molar-refractivity contribution >= 4 is 35.4 Å². The highest BCUT2D eigenvalue weighted by Crippen LogP contribution is 2.28. The molecule has 0 spiro atoms. The summed E-state index contributed by atoms with van der Waals surface area (Å²) in [5.41, 5.74) is 4.02. The molecular formula is C23H18F3N7. The topological polar surface area (TPSA) is 87.1 Å². The van der Waals surface area contributed by atoms with Crippen LogP contribution in [-0.2, 0) is 6.18 Å². The molecular weight excluding hydrogens is 431 g/mol. The normalized spacial score (nSPS) is 11.4. The molecule has 7 nitrogen and oxygen atoms in total. The molecule has 0 atom stereocenters. The van der Waals surface area contributed by atoms with Crippen molar-refractivity contribution in [3.05, 3.63) is 96.1 Å². The molecule has 166 valence electrons. The van der Waals surface area contributed by atoms with Crippen LogP contribution < -0.4 is 16.1 Å². The first-order valence-electron chi connectivity index (χ1n) is 9.82. The van der Waals surface area contributed by atoms with Gasteiger partial charge >= 0.3 is 6.18 Å². The van der Waals surface area contributed by atoms with Crippen molar-refractivity contribution in [3.8, 4) is 0 Å². The first-order chi connectivity index (χ1) is 16.0. The molecule has 0 saturated carbocycles. The molecule has 0 amide bonds. The van der Waals surface area contributed by atoms with Crippen molar-refractivity contribution in [3.63, 3.8) is 0 Å². The monoisotopic (exact) mass is 449 g/mol. The number of halogens is 3. The maximum Gasteiger partial charge on any atom is 0.416 e. The van der Waals surface area contributed by atoms with Gasteiger partial charge < -0.3 is 10.6 Å². The third kappa shape index (κ3) is 6.26. The number of hydrazone groups is 1. The van der Waals surface area contributed by atoms with Crippen LogP contribution in [0.4, 0.5) is 42.4 Å². The highest BCUT2D eigenvalue weighted by molar-refractivity contribution is 5.80. The third-order valence-corrected chi connectivity index (χ3v) is 4.31. The number of rotatable bonds is 7. The molecule has 0 aliphatic rings. The van der Waals surface area contributed by atoms with Crippen LogP contribution in [0.5, 0.6) is 0 Å². The van der Waals surface area contributed by atoms with E-state index in [1.165, 1.54) is 18.3 Å². The van der Waals surface area contributed by atoms with E-state index in [9.17, 15) is 13.2 Å². The highest BCUT2D eigenvalue weighted by atomic mass is 19.4. The lowest BCUT2D eigenvalue weighted by Crippen LogP contribution is -2.07. The van der Waals surface area contributed by atoms with Crippen LogP contribution in [0.2, 0.25) is 0 Å². The van der Waals surface area contributed by atoms with Gasteiger partial charge in [-0.3, -0.25) is 0 Å². The second kappa shape index (κ2) is 9.77. The van der Waals surface area contributed by atoms with Crippen LogP contribution in [0.25, 0.3) is 0 Å². The van der Waals surface area contributed by atoms with Crippen molar-refractivity contribution in [2.45, 2.75) is 6.18 Å². The lowest BCUT2D eigenvalue weighted by atomic mass is 10.1. The van der Waals surface area contributed by atoms with Gasteiger partial charge in [0.05, 0.1) is 11.8 Å². The highest BCUT2D eigenvalue weighted by Gasteiger charge is 2.29. The second-order valence-corrected chi connectivity index (χ2v) is 6.78. The zero-order chi connectivity index (χ0) is 23.1. The summed E-state index contributed by atoms with van der Waals surface area (Å²) in [5, 5.41) is 10.2. The lowest BCUT2D eigenvalue weighted by molar-refractivity contribution is -0.137. The minimum atomic E-state index is -4.39. The van der Waals surface area contributed by atoms with Crippen molar-refractivity contribution in [1.82, 2.24) is 15.0 Å². The average molecular weight is 449 g/mol. The van der Waals surface area contributed by atoms with E-state index in [0.717, 1.165) is 23.5 Å². The lowest BCUT2D eigenvalue weighted by Gasteiger charge is -2.10. The summed E-state index contributed by atoms with van der Waals surface area (Å²) >= 11 is 0. The molecule has 3 aromatic carbocycles. The number of benzene rings is 3. The van der Waals surface area contributed by atoms with E-state index in [2.05, 4.69) is 36.1 Å². The second-order valence-electron chi connectivity index (χ2n) is 6.78. The van der Waals surface area contributed by atoms with E-state index >= 15 is 0 Å². The summed E-state index contributed by atoms with van der Waals surface area (Å²) in [5.74, 6) is 0.703. The summed E-state index contributed by atoms with van der Waals surface area (Å²) < 4.78 is 38.1.